The maximum atomic E-state index is 13.4. The van der Waals surface area contributed by atoms with Crippen LogP contribution in [0.5, 0.6) is 0 Å². The molecule has 1 N–H and O–H groups in total. The number of hydrogen-bond acceptors (Lipinski definition) is 2. The van der Waals surface area contributed by atoms with Crippen LogP contribution >= 0.6 is 11.6 Å². The predicted octanol–water partition coefficient (Wildman–Crippen LogP) is 3.32. The van der Waals surface area contributed by atoms with Gasteiger partial charge in [-0.15, -0.1) is 0 Å². The van der Waals surface area contributed by atoms with Gasteiger partial charge in [-0.25, -0.2) is 4.39 Å². The molecule has 1 unspecified atom stereocenters. The molecule has 0 amide bonds. The van der Waals surface area contributed by atoms with E-state index in [9.17, 15) is 9.18 Å². The Hall–Kier alpha value is -1.19. The van der Waals surface area contributed by atoms with Crippen molar-refractivity contribution in [3.63, 3.8) is 0 Å². The molecule has 1 aromatic carbocycles. The molecule has 0 aromatic heterocycles. The molecule has 1 atom stereocenters. The summed E-state index contributed by atoms with van der Waals surface area (Å²) in [5, 5.41) is 3.23. The zero-order valence-electron chi connectivity index (χ0n) is 10.5. The summed E-state index contributed by atoms with van der Waals surface area (Å²) in [6.45, 7) is 7.89. The summed E-state index contributed by atoms with van der Waals surface area (Å²) in [5.41, 5.74) is 0.606. The lowest BCUT2D eigenvalue weighted by Crippen LogP contribution is -2.31. The predicted molar refractivity (Wildman–Crippen MR) is 72.5 cm³/mol. The molecule has 2 nitrogen and oxygen atoms in total. The number of ketones is 1. The number of benzene rings is 1. The highest BCUT2D eigenvalue weighted by atomic mass is 35.5. The Bertz CT molecular complexity index is 445. The van der Waals surface area contributed by atoms with Crippen molar-refractivity contribution < 1.29 is 9.18 Å². The largest absolute Gasteiger partial charge is 0.313 e. The second-order valence-corrected chi connectivity index (χ2v) is 4.80. The fraction of sp³-hybridized carbons (Fsp3) is 0.357. The van der Waals surface area contributed by atoms with Gasteiger partial charge < -0.3 is 5.32 Å². The molecule has 0 saturated heterocycles. The Labute approximate surface area is 112 Å². The lowest BCUT2D eigenvalue weighted by molar-refractivity contribution is -0.115. The van der Waals surface area contributed by atoms with Crippen molar-refractivity contribution in [1.82, 2.24) is 5.32 Å². The van der Waals surface area contributed by atoms with Crippen molar-refractivity contribution >= 4 is 17.4 Å². The van der Waals surface area contributed by atoms with Gasteiger partial charge in [-0.1, -0.05) is 38.1 Å². The van der Waals surface area contributed by atoms with E-state index in [0.717, 1.165) is 0 Å². The quantitative estimate of drug-likeness (QED) is 0.803. The van der Waals surface area contributed by atoms with Crippen LogP contribution in [0.3, 0.4) is 0 Å². The zero-order valence-corrected chi connectivity index (χ0v) is 11.3. The maximum Gasteiger partial charge on any atom is 0.163 e. The van der Waals surface area contributed by atoms with Crippen LogP contribution in [-0.2, 0) is 4.79 Å². The molecule has 0 aliphatic heterocycles. The first-order valence-corrected chi connectivity index (χ1v) is 6.18. The van der Waals surface area contributed by atoms with Gasteiger partial charge >= 0.3 is 0 Å². The summed E-state index contributed by atoms with van der Waals surface area (Å²) in [6.07, 6.45) is 1.26. The van der Waals surface area contributed by atoms with E-state index in [2.05, 4.69) is 11.9 Å². The van der Waals surface area contributed by atoms with Crippen LogP contribution in [0.15, 0.2) is 30.9 Å². The molecule has 1 rings (SSSR count). The Kier molecular flexibility index (Phi) is 5.51. The molecule has 0 bridgehead atoms. The molecule has 1 aromatic rings. The molecule has 0 spiro atoms. The minimum atomic E-state index is -0.513. The van der Waals surface area contributed by atoms with Crippen molar-refractivity contribution in [1.29, 1.82) is 0 Å². The van der Waals surface area contributed by atoms with Crippen LogP contribution in [-0.4, -0.2) is 18.4 Å². The molecule has 0 aliphatic rings. The lowest BCUT2D eigenvalue weighted by atomic mass is 9.94. The molecular weight excluding hydrogens is 253 g/mol. The van der Waals surface area contributed by atoms with E-state index in [-0.39, 0.29) is 16.8 Å². The van der Waals surface area contributed by atoms with Gasteiger partial charge in [-0.2, -0.15) is 0 Å². The van der Waals surface area contributed by atoms with Crippen LogP contribution in [0.4, 0.5) is 4.39 Å². The lowest BCUT2D eigenvalue weighted by Gasteiger charge is -2.17. The smallest absolute Gasteiger partial charge is 0.163 e. The number of hydrogen-bond donors (Lipinski definition) is 1. The third-order valence-corrected chi connectivity index (χ3v) is 2.93. The highest BCUT2D eigenvalue weighted by molar-refractivity contribution is 6.30. The van der Waals surface area contributed by atoms with Gasteiger partial charge in [0.2, 0.25) is 0 Å². The monoisotopic (exact) mass is 269 g/mol. The highest BCUT2D eigenvalue weighted by Gasteiger charge is 2.19. The fourth-order valence-corrected chi connectivity index (χ4v) is 1.73. The van der Waals surface area contributed by atoms with Crippen LogP contribution in [0.1, 0.15) is 25.3 Å². The molecule has 0 radical (unpaired) electrons. The fourth-order valence-electron chi connectivity index (χ4n) is 1.61. The molecular formula is C14H17ClFNO. The Morgan fingerprint density at radius 2 is 2.22 bits per heavy atom. The topological polar surface area (TPSA) is 29.1 Å². The van der Waals surface area contributed by atoms with Gasteiger partial charge in [0.05, 0.1) is 10.9 Å². The summed E-state index contributed by atoms with van der Waals surface area (Å²) in [6, 6.07) is 4.68. The standard InChI is InChI=1S/C14H17ClFNO/c1-4-14(18)11(8-17-9(2)3)10-5-6-12(15)13(16)7-10/h4-7,9,11,17H,1,8H2,2-3H3. The van der Waals surface area contributed by atoms with Crippen molar-refractivity contribution in [2.45, 2.75) is 25.8 Å². The molecule has 0 heterocycles. The highest BCUT2D eigenvalue weighted by Crippen LogP contribution is 2.22. The van der Waals surface area contributed by atoms with E-state index in [1.807, 2.05) is 13.8 Å². The molecule has 98 valence electrons. The first-order chi connectivity index (χ1) is 8.45. The van der Waals surface area contributed by atoms with Gasteiger partial charge in [0.25, 0.3) is 0 Å². The van der Waals surface area contributed by atoms with Gasteiger partial charge in [0, 0.05) is 12.6 Å². The third-order valence-electron chi connectivity index (χ3n) is 2.62. The summed E-state index contributed by atoms with van der Waals surface area (Å²) >= 11 is 5.63. The van der Waals surface area contributed by atoms with Crippen molar-refractivity contribution in [2.24, 2.45) is 0 Å². The van der Waals surface area contributed by atoms with Crippen LogP contribution in [0.2, 0.25) is 5.02 Å². The normalized spacial score (nSPS) is 12.5. The van der Waals surface area contributed by atoms with Crippen molar-refractivity contribution in [3.8, 4) is 0 Å². The average Bonchev–Trinajstić information content (AvgIpc) is 2.33. The Balaban J connectivity index is 2.97. The Morgan fingerprint density at radius 3 is 2.72 bits per heavy atom. The van der Waals surface area contributed by atoms with E-state index < -0.39 is 11.7 Å². The first kappa shape index (κ1) is 14.9. The van der Waals surface area contributed by atoms with Crippen molar-refractivity contribution in [3.05, 3.63) is 47.3 Å². The first-order valence-electron chi connectivity index (χ1n) is 5.80. The molecule has 4 heteroatoms. The molecule has 0 saturated carbocycles. The SMILES string of the molecule is C=CC(=O)C(CNC(C)C)c1ccc(Cl)c(F)c1. The number of rotatable bonds is 6. The molecule has 18 heavy (non-hydrogen) atoms. The summed E-state index contributed by atoms with van der Waals surface area (Å²) < 4.78 is 13.4. The maximum absolute atomic E-state index is 13.4. The number of halogens is 2. The van der Waals surface area contributed by atoms with Gasteiger partial charge in [0.1, 0.15) is 5.82 Å². The summed E-state index contributed by atoms with van der Waals surface area (Å²) in [7, 11) is 0. The molecule has 0 aliphatic carbocycles. The number of carbonyl (C=O) groups excluding carboxylic acids is 1. The number of carbonyl (C=O) groups is 1. The van der Waals surface area contributed by atoms with Crippen LogP contribution in [0.25, 0.3) is 0 Å². The second kappa shape index (κ2) is 6.66. The molecule has 0 fully saturated rings. The van der Waals surface area contributed by atoms with E-state index in [4.69, 9.17) is 11.6 Å². The minimum absolute atomic E-state index is 0.0559. The van der Waals surface area contributed by atoms with Crippen molar-refractivity contribution in [2.75, 3.05) is 6.54 Å². The minimum Gasteiger partial charge on any atom is -0.313 e. The zero-order chi connectivity index (χ0) is 13.7. The van der Waals surface area contributed by atoms with Gasteiger partial charge in [-0.3, -0.25) is 4.79 Å². The van der Waals surface area contributed by atoms with E-state index in [1.165, 1.54) is 18.2 Å². The van der Waals surface area contributed by atoms with Crippen LogP contribution in [0, 0.1) is 5.82 Å². The number of nitrogens with one attached hydrogen (secondary N) is 1. The Morgan fingerprint density at radius 1 is 1.56 bits per heavy atom. The third kappa shape index (κ3) is 3.93. The average molecular weight is 270 g/mol. The van der Waals surface area contributed by atoms with Gasteiger partial charge in [-0.05, 0) is 23.8 Å². The van der Waals surface area contributed by atoms with Gasteiger partial charge in [0.15, 0.2) is 5.78 Å². The van der Waals surface area contributed by atoms with E-state index in [1.54, 1.807) is 6.07 Å². The van der Waals surface area contributed by atoms with Crippen LogP contribution < -0.4 is 5.32 Å². The van der Waals surface area contributed by atoms with E-state index >= 15 is 0 Å². The summed E-state index contributed by atoms with van der Waals surface area (Å²) in [5.74, 6) is -1.08. The number of allylic oxidation sites excluding steroid dienone is 1. The van der Waals surface area contributed by atoms with E-state index in [0.29, 0.717) is 12.1 Å². The second-order valence-electron chi connectivity index (χ2n) is 4.40. The summed E-state index contributed by atoms with van der Waals surface area (Å²) in [4.78, 5) is 11.8.